The molecule has 0 aliphatic carbocycles. The fraction of sp³-hybridized carbons (Fsp3) is 0.737. The highest BCUT2D eigenvalue weighted by Gasteiger charge is 2.29. The van der Waals surface area contributed by atoms with Crippen LogP contribution in [0.5, 0.6) is 0 Å². The standard InChI is InChI=1S/C19H38N8O5/c1-11(2)15(27-16(30)12(21)6-5-9-24-19(22)23)18(32)26-13(7-3-4-8-20)17(31)25-10-14(28)29/h11-13,15H,3-10,20-21H2,1-2H3,(H,25,31)(H,26,32)(H,27,30)(H,28,29)(H4,22,23,24). The van der Waals surface area contributed by atoms with Gasteiger partial charge in [-0.15, -0.1) is 0 Å². The number of guanidine groups is 1. The van der Waals surface area contributed by atoms with Crippen molar-refractivity contribution < 1.29 is 24.3 Å². The lowest BCUT2D eigenvalue weighted by Crippen LogP contribution is -2.57. The fourth-order valence-electron chi connectivity index (χ4n) is 2.75. The van der Waals surface area contributed by atoms with E-state index in [2.05, 4.69) is 20.9 Å². The molecule has 0 fully saturated rings. The number of carboxylic acid groups (broad SMARTS) is 1. The largest absolute Gasteiger partial charge is 0.480 e. The van der Waals surface area contributed by atoms with Crippen LogP contribution in [0, 0.1) is 5.92 Å². The van der Waals surface area contributed by atoms with E-state index in [9.17, 15) is 19.2 Å². The SMILES string of the molecule is CC(C)C(NC(=O)C(N)CCCN=C(N)N)C(=O)NC(CCCCN)C(=O)NCC(=O)O. The van der Waals surface area contributed by atoms with Crippen LogP contribution in [0.4, 0.5) is 0 Å². The van der Waals surface area contributed by atoms with Crippen molar-refractivity contribution in [2.24, 2.45) is 33.8 Å². The van der Waals surface area contributed by atoms with Gasteiger partial charge in [-0.25, -0.2) is 0 Å². The maximum atomic E-state index is 12.8. The van der Waals surface area contributed by atoms with Gasteiger partial charge < -0.3 is 44.0 Å². The highest BCUT2D eigenvalue weighted by atomic mass is 16.4. The number of carbonyl (C=O) groups excluding carboxylic acids is 3. The molecule has 0 saturated heterocycles. The molecule has 0 bridgehead atoms. The number of nitrogens with one attached hydrogen (secondary N) is 3. The van der Waals surface area contributed by atoms with Gasteiger partial charge in [-0.2, -0.15) is 0 Å². The Morgan fingerprint density at radius 1 is 0.938 bits per heavy atom. The predicted molar refractivity (Wildman–Crippen MR) is 120 cm³/mol. The molecule has 0 aliphatic heterocycles. The van der Waals surface area contributed by atoms with Gasteiger partial charge in [-0.3, -0.25) is 24.2 Å². The molecule has 3 atom stereocenters. The van der Waals surface area contributed by atoms with E-state index in [1.54, 1.807) is 13.8 Å². The number of hydrogen-bond acceptors (Lipinski definition) is 7. The summed E-state index contributed by atoms with van der Waals surface area (Å²) >= 11 is 0. The van der Waals surface area contributed by atoms with E-state index in [0.717, 1.165) is 0 Å². The number of carboxylic acids is 1. The van der Waals surface area contributed by atoms with Crippen LogP contribution in [0.25, 0.3) is 0 Å². The first kappa shape index (κ1) is 29.1. The van der Waals surface area contributed by atoms with Crippen molar-refractivity contribution in [1.82, 2.24) is 16.0 Å². The molecule has 3 unspecified atom stereocenters. The van der Waals surface area contributed by atoms with E-state index in [1.807, 2.05) is 0 Å². The monoisotopic (exact) mass is 458 g/mol. The van der Waals surface area contributed by atoms with Crippen molar-refractivity contribution in [3.63, 3.8) is 0 Å². The summed E-state index contributed by atoms with van der Waals surface area (Å²) in [7, 11) is 0. The molecule has 0 rings (SSSR count). The minimum absolute atomic E-state index is 0.0482. The quantitative estimate of drug-likeness (QED) is 0.0681. The summed E-state index contributed by atoms with van der Waals surface area (Å²) in [4.78, 5) is 52.1. The van der Waals surface area contributed by atoms with E-state index in [0.29, 0.717) is 38.8 Å². The molecule has 12 N–H and O–H groups in total. The van der Waals surface area contributed by atoms with Crippen LogP contribution >= 0.6 is 0 Å². The van der Waals surface area contributed by atoms with Crippen LogP contribution in [0.15, 0.2) is 4.99 Å². The van der Waals surface area contributed by atoms with E-state index in [4.69, 9.17) is 28.0 Å². The Balaban J connectivity index is 5.04. The molecular formula is C19H38N8O5. The molecule has 0 aromatic carbocycles. The zero-order valence-corrected chi connectivity index (χ0v) is 18.8. The zero-order chi connectivity index (χ0) is 24.7. The number of nitrogens with zero attached hydrogens (tertiary/aromatic N) is 1. The molecule has 13 heteroatoms. The molecule has 0 aromatic rings. The summed E-state index contributed by atoms with van der Waals surface area (Å²) in [5.41, 5.74) is 21.9. The third kappa shape index (κ3) is 12.7. The molecule has 0 aromatic heterocycles. The second-order valence-electron chi connectivity index (χ2n) is 7.74. The van der Waals surface area contributed by atoms with Gasteiger partial charge in [-0.05, 0) is 44.6 Å². The van der Waals surface area contributed by atoms with Gasteiger partial charge >= 0.3 is 5.97 Å². The number of unbranched alkanes of at least 4 members (excludes halogenated alkanes) is 1. The first-order valence-electron chi connectivity index (χ1n) is 10.6. The van der Waals surface area contributed by atoms with Crippen molar-refractivity contribution in [2.75, 3.05) is 19.6 Å². The average molecular weight is 459 g/mol. The van der Waals surface area contributed by atoms with Gasteiger partial charge in [-0.1, -0.05) is 13.8 Å². The summed E-state index contributed by atoms with van der Waals surface area (Å²) in [5.74, 6) is -3.25. The number of hydrogen-bond donors (Lipinski definition) is 8. The van der Waals surface area contributed by atoms with E-state index in [-0.39, 0.29) is 18.3 Å². The van der Waals surface area contributed by atoms with Gasteiger partial charge in [0.2, 0.25) is 17.7 Å². The van der Waals surface area contributed by atoms with Crippen LogP contribution in [0.1, 0.15) is 46.0 Å². The van der Waals surface area contributed by atoms with Gasteiger partial charge in [0, 0.05) is 6.54 Å². The summed E-state index contributed by atoms with van der Waals surface area (Å²) in [6.07, 6.45) is 2.27. The number of amides is 3. The van der Waals surface area contributed by atoms with Gasteiger partial charge in [0.15, 0.2) is 5.96 Å². The van der Waals surface area contributed by atoms with Crippen LogP contribution < -0.4 is 38.9 Å². The Hall–Kier alpha value is -2.93. The number of aliphatic carboxylic acids is 1. The van der Waals surface area contributed by atoms with Crippen LogP contribution in [0.2, 0.25) is 0 Å². The molecular weight excluding hydrogens is 420 g/mol. The van der Waals surface area contributed by atoms with E-state index in [1.165, 1.54) is 0 Å². The average Bonchev–Trinajstić information content (AvgIpc) is 2.71. The van der Waals surface area contributed by atoms with E-state index < -0.39 is 48.4 Å². The lowest BCUT2D eigenvalue weighted by molar-refractivity contribution is -0.138. The molecule has 0 saturated carbocycles. The molecule has 13 nitrogen and oxygen atoms in total. The molecule has 0 heterocycles. The Morgan fingerprint density at radius 3 is 2.12 bits per heavy atom. The minimum atomic E-state index is -1.20. The molecule has 3 amide bonds. The topological polar surface area (TPSA) is 241 Å². The second-order valence-corrected chi connectivity index (χ2v) is 7.74. The van der Waals surface area contributed by atoms with Gasteiger partial charge in [0.1, 0.15) is 18.6 Å². The number of aliphatic imine (C=N–C) groups is 1. The van der Waals surface area contributed by atoms with Crippen molar-refractivity contribution in [2.45, 2.75) is 64.1 Å². The summed E-state index contributed by atoms with van der Waals surface area (Å²) in [5, 5.41) is 16.2. The highest BCUT2D eigenvalue weighted by Crippen LogP contribution is 2.07. The zero-order valence-electron chi connectivity index (χ0n) is 18.8. The lowest BCUT2D eigenvalue weighted by Gasteiger charge is -2.26. The first-order valence-corrected chi connectivity index (χ1v) is 10.6. The van der Waals surface area contributed by atoms with Gasteiger partial charge in [0.05, 0.1) is 6.04 Å². The second kappa shape index (κ2) is 15.8. The Bertz CT molecular complexity index is 652. The van der Waals surface area contributed by atoms with Crippen molar-refractivity contribution >= 4 is 29.7 Å². The summed E-state index contributed by atoms with van der Waals surface area (Å²) < 4.78 is 0. The van der Waals surface area contributed by atoms with Crippen LogP contribution in [-0.2, 0) is 19.2 Å². The minimum Gasteiger partial charge on any atom is -0.480 e. The predicted octanol–water partition coefficient (Wildman–Crippen LogP) is -2.68. The maximum absolute atomic E-state index is 12.8. The number of carbonyl (C=O) groups is 4. The molecule has 184 valence electrons. The molecule has 32 heavy (non-hydrogen) atoms. The van der Waals surface area contributed by atoms with Crippen molar-refractivity contribution in [1.29, 1.82) is 0 Å². The van der Waals surface area contributed by atoms with E-state index >= 15 is 0 Å². The number of rotatable bonds is 16. The third-order valence-corrected chi connectivity index (χ3v) is 4.55. The van der Waals surface area contributed by atoms with Gasteiger partial charge in [0.25, 0.3) is 0 Å². The van der Waals surface area contributed by atoms with Crippen molar-refractivity contribution in [3.8, 4) is 0 Å². The number of nitrogens with two attached hydrogens (primary N) is 4. The van der Waals surface area contributed by atoms with Crippen LogP contribution in [0.3, 0.4) is 0 Å². The van der Waals surface area contributed by atoms with Crippen molar-refractivity contribution in [3.05, 3.63) is 0 Å². The third-order valence-electron chi connectivity index (χ3n) is 4.55. The summed E-state index contributed by atoms with van der Waals surface area (Å²) in [6.45, 7) is 3.66. The molecule has 0 radical (unpaired) electrons. The Labute approximate surface area is 188 Å². The smallest absolute Gasteiger partial charge is 0.322 e. The molecule has 0 spiro atoms. The highest BCUT2D eigenvalue weighted by molar-refractivity contribution is 5.93. The first-order chi connectivity index (χ1) is 15.0. The Morgan fingerprint density at radius 2 is 1.59 bits per heavy atom. The Kier molecular flexibility index (Phi) is 14.4. The fourth-order valence-corrected chi connectivity index (χ4v) is 2.75. The lowest BCUT2D eigenvalue weighted by atomic mass is 10.0. The summed E-state index contributed by atoms with van der Waals surface area (Å²) in [6, 6.07) is -2.76. The molecule has 0 aliphatic rings. The maximum Gasteiger partial charge on any atom is 0.322 e. The normalized spacial score (nSPS) is 13.5. The van der Waals surface area contributed by atoms with Crippen LogP contribution in [-0.4, -0.2) is 72.5 Å².